The number of hydrogen-bond acceptors (Lipinski definition) is 2. The fourth-order valence-corrected chi connectivity index (χ4v) is 2.36. The summed E-state index contributed by atoms with van der Waals surface area (Å²) in [6.45, 7) is 2.03. The lowest BCUT2D eigenvalue weighted by atomic mass is 10.0. The standard InChI is InChI=1S/C17H18ClNO2/c1-3-16(12-8-10-13(21-2)11-9-12)19-17(20)14-6-4-5-7-15(14)18/h4-11,16H,3H2,1-2H3,(H,19,20). The van der Waals surface area contributed by atoms with Crippen LogP contribution in [0.3, 0.4) is 0 Å². The second-order valence-electron chi connectivity index (χ2n) is 4.69. The first kappa shape index (κ1) is 15.4. The molecule has 3 nitrogen and oxygen atoms in total. The first-order chi connectivity index (χ1) is 10.2. The molecule has 0 bridgehead atoms. The molecule has 0 aliphatic heterocycles. The minimum absolute atomic E-state index is 0.0559. The van der Waals surface area contributed by atoms with Crippen LogP contribution in [0, 0.1) is 0 Å². The second kappa shape index (κ2) is 7.14. The summed E-state index contributed by atoms with van der Waals surface area (Å²) in [7, 11) is 1.63. The van der Waals surface area contributed by atoms with Crippen molar-refractivity contribution in [3.05, 3.63) is 64.7 Å². The summed E-state index contributed by atoms with van der Waals surface area (Å²) in [4.78, 5) is 12.3. The third-order valence-corrected chi connectivity index (χ3v) is 3.68. The van der Waals surface area contributed by atoms with Crippen LogP contribution in [0.15, 0.2) is 48.5 Å². The summed E-state index contributed by atoms with van der Waals surface area (Å²) in [5.41, 5.74) is 1.53. The molecule has 1 atom stereocenters. The number of hydrogen-bond donors (Lipinski definition) is 1. The lowest BCUT2D eigenvalue weighted by Crippen LogP contribution is -2.28. The number of halogens is 1. The van der Waals surface area contributed by atoms with Gasteiger partial charge in [-0.15, -0.1) is 0 Å². The number of rotatable bonds is 5. The molecule has 1 unspecified atom stereocenters. The number of nitrogens with one attached hydrogen (secondary N) is 1. The maximum Gasteiger partial charge on any atom is 0.253 e. The highest BCUT2D eigenvalue weighted by Crippen LogP contribution is 2.22. The minimum Gasteiger partial charge on any atom is -0.497 e. The number of amides is 1. The van der Waals surface area contributed by atoms with Crippen LogP contribution in [0.1, 0.15) is 35.3 Å². The summed E-state index contributed by atoms with van der Waals surface area (Å²) in [5.74, 6) is 0.634. The Labute approximate surface area is 129 Å². The molecule has 0 aliphatic rings. The number of carbonyl (C=O) groups is 1. The van der Waals surface area contributed by atoms with Crippen molar-refractivity contribution in [3.63, 3.8) is 0 Å². The quantitative estimate of drug-likeness (QED) is 0.897. The fourth-order valence-electron chi connectivity index (χ4n) is 2.14. The van der Waals surface area contributed by atoms with Gasteiger partial charge in [-0.05, 0) is 36.2 Å². The minimum atomic E-state index is -0.164. The molecule has 1 amide bonds. The zero-order chi connectivity index (χ0) is 15.2. The average Bonchev–Trinajstić information content (AvgIpc) is 2.53. The van der Waals surface area contributed by atoms with Gasteiger partial charge in [0, 0.05) is 0 Å². The van der Waals surface area contributed by atoms with Gasteiger partial charge < -0.3 is 10.1 Å². The molecule has 0 heterocycles. The highest BCUT2D eigenvalue weighted by Gasteiger charge is 2.15. The van der Waals surface area contributed by atoms with Crippen LogP contribution in [0.5, 0.6) is 5.75 Å². The van der Waals surface area contributed by atoms with Gasteiger partial charge in [0.25, 0.3) is 5.91 Å². The topological polar surface area (TPSA) is 38.3 Å². The normalized spacial score (nSPS) is 11.8. The van der Waals surface area contributed by atoms with Gasteiger partial charge in [0.15, 0.2) is 0 Å². The van der Waals surface area contributed by atoms with Gasteiger partial charge in [-0.1, -0.05) is 42.8 Å². The van der Waals surface area contributed by atoms with E-state index in [-0.39, 0.29) is 11.9 Å². The Hall–Kier alpha value is -2.00. The van der Waals surface area contributed by atoms with Crippen LogP contribution in [-0.2, 0) is 0 Å². The van der Waals surface area contributed by atoms with Gasteiger partial charge >= 0.3 is 0 Å². The Balaban J connectivity index is 2.15. The van der Waals surface area contributed by atoms with Crippen molar-refractivity contribution in [2.75, 3.05) is 7.11 Å². The molecule has 0 saturated carbocycles. The molecule has 21 heavy (non-hydrogen) atoms. The van der Waals surface area contributed by atoms with Crippen LogP contribution >= 0.6 is 11.6 Å². The summed E-state index contributed by atoms with van der Waals surface area (Å²) in [6.07, 6.45) is 0.794. The van der Waals surface area contributed by atoms with E-state index in [0.717, 1.165) is 17.7 Å². The van der Waals surface area contributed by atoms with Crippen LogP contribution < -0.4 is 10.1 Å². The number of ether oxygens (including phenoxy) is 1. The van der Waals surface area contributed by atoms with Crippen molar-refractivity contribution in [1.82, 2.24) is 5.32 Å². The first-order valence-electron chi connectivity index (χ1n) is 6.85. The predicted octanol–water partition coefficient (Wildman–Crippen LogP) is 4.23. The molecule has 0 fully saturated rings. The lowest BCUT2D eigenvalue weighted by molar-refractivity contribution is 0.0935. The molecule has 0 aromatic heterocycles. The van der Waals surface area contributed by atoms with Crippen molar-refractivity contribution < 1.29 is 9.53 Å². The van der Waals surface area contributed by atoms with E-state index in [1.54, 1.807) is 31.4 Å². The Morgan fingerprint density at radius 1 is 1.19 bits per heavy atom. The number of benzene rings is 2. The van der Waals surface area contributed by atoms with Gasteiger partial charge in [0.05, 0.1) is 23.7 Å². The van der Waals surface area contributed by atoms with Crippen molar-refractivity contribution in [3.8, 4) is 5.75 Å². The van der Waals surface area contributed by atoms with E-state index < -0.39 is 0 Å². The van der Waals surface area contributed by atoms with Gasteiger partial charge in [0.2, 0.25) is 0 Å². The zero-order valence-electron chi connectivity index (χ0n) is 12.1. The number of methoxy groups -OCH3 is 1. The highest BCUT2D eigenvalue weighted by atomic mass is 35.5. The van der Waals surface area contributed by atoms with Crippen molar-refractivity contribution >= 4 is 17.5 Å². The van der Waals surface area contributed by atoms with E-state index in [1.165, 1.54) is 0 Å². The smallest absolute Gasteiger partial charge is 0.253 e. The molecule has 1 N–H and O–H groups in total. The van der Waals surface area contributed by atoms with Gasteiger partial charge in [-0.25, -0.2) is 0 Å². The number of carbonyl (C=O) groups excluding carboxylic acids is 1. The Morgan fingerprint density at radius 2 is 1.86 bits per heavy atom. The van der Waals surface area contributed by atoms with Gasteiger partial charge in [-0.3, -0.25) is 4.79 Å². The lowest BCUT2D eigenvalue weighted by Gasteiger charge is -2.18. The Morgan fingerprint density at radius 3 is 2.43 bits per heavy atom. The van der Waals surface area contributed by atoms with E-state index in [1.807, 2.05) is 31.2 Å². The summed E-state index contributed by atoms with van der Waals surface area (Å²) in [6, 6.07) is 14.7. The molecule has 0 saturated heterocycles. The SMILES string of the molecule is CCC(NC(=O)c1ccccc1Cl)c1ccc(OC)cc1. The predicted molar refractivity (Wildman–Crippen MR) is 84.9 cm³/mol. The fraction of sp³-hybridized carbons (Fsp3) is 0.235. The monoisotopic (exact) mass is 303 g/mol. The summed E-state index contributed by atoms with van der Waals surface area (Å²) in [5, 5.41) is 3.47. The largest absolute Gasteiger partial charge is 0.497 e. The van der Waals surface area contributed by atoms with Crippen LogP contribution in [0.4, 0.5) is 0 Å². The van der Waals surface area contributed by atoms with E-state index in [9.17, 15) is 4.79 Å². The van der Waals surface area contributed by atoms with Crippen molar-refractivity contribution in [1.29, 1.82) is 0 Å². The van der Waals surface area contributed by atoms with Crippen LogP contribution in [0.25, 0.3) is 0 Å². The van der Waals surface area contributed by atoms with E-state index >= 15 is 0 Å². The van der Waals surface area contributed by atoms with E-state index in [0.29, 0.717) is 10.6 Å². The molecule has 2 rings (SSSR count). The summed E-state index contributed by atoms with van der Waals surface area (Å²) >= 11 is 6.05. The maximum absolute atomic E-state index is 12.3. The molecule has 2 aromatic carbocycles. The van der Waals surface area contributed by atoms with Crippen LogP contribution in [0.2, 0.25) is 5.02 Å². The molecule has 0 aliphatic carbocycles. The molecule has 0 radical (unpaired) electrons. The Kier molecular flexibility index (Phi) is 5.23. The second-order valence-corrected chi connectivity index (χ2v) is 5.09. The molecule has 4 heteroatoms. The third kappa shape index (κ3) is 3.76. The summed E-state index contributed by atoms with van der Waals surface area (Å²) < 4.78 is 5.14. The van der Waals surface area contributed by atoms with E-state index in [2.05, 4.69) is 5.32 Å². The molecular weight excluding hydrogens is 286 g/mol. The average molecular weight is 304 g/mol. The molecule has 110 valence electrons. The first-order valence-corrected chi connectivity index (χ1v) is 7.22. The molecule has 2 aromatic rings. The Bertz CT molecular complexity index is 610. The van der Waals surface area contributed by atoms with Gasteiger partial charge in [-0.2, -0.15) is 0 Å². The van der Waals surface area contributed by atoms with Gasteiger partial charge in [0.1, 0.15) is 5.75 Å². The van der Waals surface area contributed by atoms with Crippen LogP contribution in [-0.4, -0.2) is 13.0 Å². The van der Waals surface area contributed by atoms with Crippen molar-refractivity contribution in [2.45, 2.75) is 19.4 Å². The molecular formula is C17H18ClNO2. The zero-order valence-corrected chi connectivity index (χ0v) is 12.9. The van der Waals surface area contributed by atoms with E-state index in [4.69, 9.17) is 16.3 Å². The third-order valence-electron chi connectivity index (χ3n) is 3.35. The van der Waals surface area contributed by atoms with Crippen molar-refractivity contribution in [2.24, 2.45) is 0 Å². The molecule has 0 spiro atoms. The highest BCUT2D eigenvalue weighted by molar-refractivity contribution is 6.33. The maximum atomic E-state index is 12.3.